The molecule has 1 heterocycles. The molecule has 0 N–H and O–H groups in total. The molecule has 11 heteroatoms. The van der Waals surface area contributed by atoms with Crippen molar-refractivity contribution in [2.45, 2.75) is 27.0 Å². The molecule has 1 aromatic heterocycles. The molecule has 144 valence electrons. The second kappa shape index (κ2) is 8.34. The van der Waals surface area contributed by atoms with Crippen LogP contribution in [-0.2, 0) is 16.1 Å². The zero-order valence-corrected chi connectivity index (χ0v) is 14.3. The van der Waals surface area contributed by atoms with Gasteiger partial charge in [-0.05, 0) is 38.1 Å². The number of carbonyl (C=O) groups is 2. The second-order valence-corrected chi connectivity index (χ2v) is 5.42. The van der Waals surface area contributed by atoms with E-state index in [1.54, 1.807) is 0 Å². The summed E-state index contributed by atoms with van der Waals surface area (Å²) >= 11 is 0. The molecule has 1 aromatic carbocycles. The second-order valence-electron chi connectivity index (χ2n) is 5.42. The number of aryl methyl sites for hydroxylation is 1. The van der Waals surface area contributed by atoms with Gasteiger partial charge in [-0.15, -0.1) is 0 Å². The fraction of sp³-hybridized carbons (Fsp3) is 0.312. The lowest BCUT2D eigenvalue weighted by atomic mass is 10.1. The molecular formula is C16H15F2N3O6. The third-order valence-electron chi connectivity index (χ3n) is 3.57. The van der Waals surface area contributed by atoms with E-state index < -0.39 is 36.4 Å². The van der Waals surface area contributed by atoms with Crippen molar-refractivity contribution < 1.29 is 32.8 Å². The molecule has 0 spiro atoms. The third-order valence-corrected chi connectivity index (χ3v) is 3.57. The lowest BCUT2D eigenvalue weighted by molar-refractivity contribution is -0.386. The van der Waals surface area contributed by atoms with Crippen LogP contribution in [0, 0.1) is 24.0 Å². The van der Waals surface area contributed by atoms with Crippen molar-refractivity contribution >= 4 is 17.4 Å². The molecule has 0 aliphatic carbocycles. The van der Waals surface area contributed by atoms with Crippen molar-refractivity contribution in [3.63, 3.8) is 0 Å². The van der Waals surface area contributed by atoms with Crippen molar-refractivity contribution in [3.8, 4) is 5.75 Å². The van der Waals surface area contributed by atoms with Gasteiger partial charge in [-0.25, -0.2) is 0 Å². The largest absolute Gasteiger partial charge is 0.456 e. The summed E-state index contributed by atoms with van der Waals surface area (Å²) in [6.45, 7) is -1.06. The molecule has 2 aromatic rings. The van der Waals surface area contributed by atoms with Gasteiger partial charge >= 0.3 is 18.3 Å². The maximum absolute atomic E-state index is 12.1. The normalized spacial score (nSPS) is 10.7. The Morgan fingerprint density at radius 3 is 2.41 bits per heavy atom. The van der Waals surface area contributed by atoms with Gasteiger partial charge in [0.25, 0.3) is 0 Å². The number of hydrogen-bond acceptors (Lipinski definition) is 7. The average Bonchev–Trinajstić information content (AvgIpc) is 2.86. The highest BCUT2D eigenvalue weighted by Gasteiger charge is 2.23. The van der Waals surface area contributed by atoms with E-state index in [0.29, 0.717) is 0 Å². The molecular weight excluding hydrogens is 368 g/mol. The molecule has 0 radical (unpaired) electrons. The standard InChI is InChI=1S/C16H15F2N3O6/c1-9-15(21(24)25)10(2)20(19-9)7-14(23)26-8-13(22)11-3-5-12(6-4-11)27-16(17)18/h3-6,16H,7-8H2,1-2H3. The molecule has 27 heavy (non-hydrogen) atoms. The van der Waals surface area contributed by atoms with E-state index in [-0.39, 0.29) is 28.4 Å². The average molecular weight is 383 g/mol. The van der Waals surface area contributed by atoms with Crippen LogP contribution in [0.3, 0.4) is 0 Å². The van der Waals surface area contributed by atoms with E-state index in [9.17, 15) is 28.5 Å². The topological polar surface area (TPSA) is 114 Å². The Morgan fingerprint density at radius 1 is 1.26 bits per heavy atom. The van der Waals surface area contributed by atoms with Crippen LogP contribution in [0.4, 0.5) is 14.5 Å². The zero-order valence-electron chi connectivity index (χ0n) is 14.3. The van der Waals surface area contributed by atoms with Gasteiger partial charge in [0.15, 0.2) is 12.4 Å². The Balaban J connectivity index is 1.93. The van der Waals surface area contributed by atoms with E-state index >= 15 is 0 Å². The van der Waals surface area contributed by atoms with Crippen LogP contribution in [0.25, 0.3) is 0 Å². The van der Waals surface area contributed by atoms with Gasteiger partial charge in [-0.2, -0.15) is 13.9 Å². The van der Waals surface area contributed by atoms with Gasteiger partial charge in [-0.1, -0.05) is 0 Å². The van der Waals surface area contributed by atoms with Crippen molar-refractivity contribution in [1.82, 2.24) is 9.78 Å². The number of aromatic nitrogens is 2. The quantitative estimate of drug-likeness (QED) is 0.298. The van der Waals surface area contributed by atoms with Crippen LogP contribution >= 0.6 is 0 Å². The van der Waals surface area contributed by atoms with Crippen LogP contribution in [0.1, 0.15) is 21.7 Å². The summed E-state index contributed by atoms with van der Waals surface area (Å²) < 4.78 is 34.3. The summed E-state index contributed by atoms with van der Waals surface area (Å²) in [6.07, 6.45) is 0. The van der Waals surface area contributed by atoms with Crippen molar-refractivity contribution in [2.24, 2.45) is 0 Å². The van der Waals surface area contributed by atoms with E-state index in [2.05, 4.69) is 9.84 Å². The molecule has 0 bridgehead atoms. The minimum Gasteiger partial charge on any atom is -0.456 e. The van der Waals surface area contributed by atoms with Gasteiger partial charge in [0.1, 0.15) is 23.7 Å². The molecule has 2 rings (SSSR count). The number of carbonyl (C=O) groups excluding carboxylic acids is 2. The van der Waals surface area contributed by atoms with Crippen LogP contribution < -0.4 is 4.74 Å². The Labute approximate surface area is 151 Å². The van der Waals surface area contributed by atoms with Crippen molar-refractivity contribution in [3.05, 3.63) is 51.3 Å². The number of alkyl halides is 2. The van der Waals surface area contributed by atoms with Crippen LogP contribution in [0.15, 0.2) is 24.3 Å². The molecule has 0 saturated heterocycles. The monoisotopic (exact) mass is 383 g/mol. The number of Topliss-reactive ketones (excluding diaryl/α,β-unsaturated/α-hetero) is 1. The first-order valence-corrected chi connectivity index (χ1v) is 7.61. The zero-order chi connectivity index (χ0) is 20.1. The molecule has 0 unspecified atom stereocenters. The van der Waals surface area contributed by atoms with Gasteiger partial charge < -0.3 is 9.47 Å². The lowest BCUT2D eigenvalue weighted by Crippen LogP contribution is -2.19. The van der Waals surface area contributed by atoms with E-state index in [4.69, 9.17) is 4.74 Å². The Hall–Kier alpha value is -3.37. The summed E-state index contributed by atoms with van der Waals surface area (Å²) in [5.41, 5.74) is 0.305. The molecule has 0 aliphatic heterocycles. The van der Waals surface area contributed by atoms with E-state index in [1.807, 2.05) is 0 Å². The van der Waals surface area contributed by atoms with E-state index in [0.717, 1.165) is 4.68 Å². The summed E-state index contributed by atoms with van der Waals surface area (Å²) in [6, 6.07) is 4.91. The van der Waals surface area contributed by atoms with Crippen LogP contribution in [-0.4, -0.2) is 39.7 Å². The number of halogens is 2. The summed E-state index contributed by atoms with van der Waals surface area (Å²) in [5, 5.41) is 14.8. The highest BCUT2D eigenvalue weighted by molar-refractivity contribution is 5.98. The first-order valence-electron chi connectivity index (χ1n) is 7.61. The fourth-order valence-electron chi connectivity index (χ4n) is 2.33. The van der Waals surface area contributed by atoms with Crippen LogP contribution in [0.5, 0.6) is 5.75 Å². The Morgan fingerprint density at radius 2 is 1.89 bits per heavy atom. The maximum Gasteiger partial charge on any atom is 0.387 e. The fourth-order valence-corrected chi connectivity index (χ4v) is 2.33. The number of esters is 1. The molecule has 0 fully saturated rings. The third kappa shape index (κ3) is 5.06. The highest BCUT2D eigenvalue weighted by Crippen LogP contribution is 2.21. The summed E-state index contributed by atoms with van der Waals surface area (Å²) in [7, 11) is 0. The summed E-state index contributed by atoms with van der Waals surface area (Å²) in [4.78, 5) is 34.2. The predicted octanol–water partition coefficient (Wildman–Crippen LogP) is 2.44. The van der Waals surface area contributed by atoms with Crippen LogP contribution in [0.2, 0.25) is 0 Å². The number of nitro groups is 1. The number of ketones is 1. The maximum atomic E-state index is 12.1. The number of nitrogens with zero attached hydrogens (tertiary/aromatic N) is 3. The SMILES string of the molecule is Cc1nn(CC(=O)OCC(=O)c2ccc(OC(F)F)cc2)c(C)c1[N+](=O)[O-]. The van der Waals surface area contributed by atoms with Gasteiger partial charge in [-0.3, -0.25) is 24.4 Å². The van der Waals surface area contributed by atoms with Crippen molar-refractivity contribution in [1.29, 1.82) is 0 Å². The minimum absolute atomic E-state index is 0.107. The van der Waals surface area contributed by atoms with Gasteiger partial charge in [0.05, 0.1) is 4.92 Å². The molecule has 0 saturated carbocycles. The highest BCUT2D eigenvalue weighted by atomic mass is 19.3. The molecule has 0 aliphatic rings. The van der Waals surface area contributed by atoms with Gasteiger partial charge in [0, 0.05) is 5.56 Å². The molecule has 9 nitrogen and oxygen atoms in total. The number of ether oxygens (including phenoxy) is 2. The van der Waals surface area contributed by atoms with Crippen molar-refractivity contribution in [2.75, 3.05) is 6.61 Å². The lowest BCUT2D eigenvalue weighted by Gasteiger charge is -2.07. The smallest absolute Gasteiger partial charge is 0.387 e. The first-order chi connectivity index (χ1) is 12.7. The predicted molar refractivity (Wildman–Crippen MR) is 86.7 cm³/mol. The Bertz CT molecular complexity index is 864. The minimum atomic E-state index is -2.97. The number of benzene rings is 1. The van der Waals surface area contributed by atoms with Gasteiger partial charge in [0.2, 0.25) is 0 Å². The molecule has 0 atom stereocenters. The summed E-state index contributed by atoms with van der Waals surface area (Å²) in [5.74, 6) is -1.46. The number of rotatable bonds is 8. The Kier molecular flexibility index (Phi) is 6.16. The molecule has 0 amide bonds. The van der Waals surface area contributed by atoms with E-state index in [1.165, 1.54) is 38.1 Å². The number of hydrogen-bond donors (Lipinski definition) is 0. The first kappa shape index (κ1) is 19.9.